The fourth-order valence-corrected chi connectivity index (χ4v) is 3.10. The third kappa shape index (κ3) is 4.58. The number of Topliss-reactive ketones (excluding diaryl/α,β-unsaturated/α-hetero) is 1. The molecule has 0 bridgehead atoms. The van der Waals surface area contributed by atoms with Crippen LogP contribution in [0, 0.1) is 43.3 Å². The van der Waals surface area contributed by atoms with Gasteiger partial charge in [-0.1, -0.05) is 5.92 Å². The van der Waals surface area contributed by atoms with Crippen molar-refractivity contribution in [1.29, 1.82) is 5.26 Å². The zero-order chi connectivity index (χ0) is 25.3. The van der Waals surface area contributed by atoms with Gasteiger partial charge in [-0.05, 0) is 44.5 Å². The highest BCUT2D eigenvalue weighted by Crippen LogP contribution is 2.30. The summed E-state index contributed by atoms with van der Waals surface area (Å²) in [5.41, 5.74) is -3.44. The molecule has 0 aliphatic carbocycles. The minimum absolute atomic E-state index is 0.0321. The molecule has 0 saturated carbocycles. The molecule has 7 nitrogen and oxygen atoms in total. The Morgan fingerprint density at radius 3 is 2.30 bits per heavy atom. The molecular weight excluding hydrogens is 444 g/mol. The van der Waals surface area contributed by atoms with Crippen molar-refractivity contribution in [3.8, 4) is 18.4 Å². The molecule has 2 N–H and O–H groups in total. The van der Waals surface area contributed by atoms with Crippen LogP contribution in [0.25, 0.3) is 0 Å². The van der Waals surface area contributed by atoms with Crippen molar-refractivity contribution in [3.63, 3.8) is 0 Å². The molecule has 0 radical (unpaired) electrons. The summed E-state index contributed by atoms with van der Waals surface area (Å²) in [5.74, 6) is -3.00. The number of carbonyl (C=O) groups excluding carboxylic acids is 3. The number of ketones is 1. The maximum absolute atomic E-state index is 13.5. The lowest BCUT2D eigenvalue weighted by Gasteiger charge is -2.27. The van der Waals surface area contributed by atoms with Crippen LogP contribution in [0.2, 0.25) is 0 Å². The molecule has 0 fully saturated rings. The Bertz CT molecular complexity index is 1250. The molecule has 0 aliphatic heterocycles. The third-order valence-electron chi connectivity index (χ3n) is 5.14. The second kappa shape index (κ2) is 8.79. The number of rotatable bonds is 5. The molecule has 2 amide bonds. The molecule has 0 spiro atoms. The first kappa shape index (κ1) is 25.1. The normalized spacial score (nSPS) is 12.8. The van der Waals surface area contributed by atoms with Gasteiger partial charge >= 0.3 is 6.18 Å². The Kier molecular flexibility index (Phi) is 6.70. The van der Waals surface area contributed by atoms with Crippen molar-refractivity contribution in [2.45, 2.75) is 32.5 Å². The van der Waals surface area contributed by atoms with Crippen LogP contribution >= 0.6 is 0 Å². The number of nitrogens with one attached hydrogen (secondary N) is 2. The first-order chi connectivity index (χ1) is 15.2. The van der Waals surface area contributed by atoms with Crippen molar-refractivity contribution in [2.75, 3.05) is 5.32 Å². The van der Waals surface area contributed by atoms with E-state index in [2.05, 4.69) is 5.32 Å². The summed E-state index contributed by atoms with van der Waals surface area (Å²) in [6.07, 6.45) is -0.0982. The Morgan fingerprint density at radius 2 is 1.79 bits per heavy atom. The number of alkyl halides is 3. The zero-order valence-electron chi connectivity index (χ0n) is 17.9. The van der Waals surface area contributed by atoms with Gasteiger partial charge in [-0.25, -0.2) is 4.39 Å². The van der Waals surface area contributed by atoms with Crippen molar-refractivity contribution >= 4 is 23.3 Å². The minimum atomic E-state index is -5.01. The summed E-state index contributed by atoms with van der Waals surface area (Å²) in [6, 6.07) is 4.94. The number of amides is 2. The van der Waals surface area contributed by atoms with Crippen LogP contribution in [-0.4, -0.2) is 33.9 Å². The minimum Gasteiger partial charge on any atom is -0.343 e. The highest BCUT2D eigenvalue weighted by atomic mass is 19.4. The Labute approximate surface area is 186 Å². The van der Waals surface area contributed by atoms with E-state index in [4.69, 9.17) is 11.7 Å². The van der Waals surface area contributed by atoms with Gasteiger partial charge in [0, 0.05) is 18.4 Å². The maximum atomic E-state index is 13.5. The number of halogens is 4. The van der Waals surface area contributed by atoms with Crippen molar-refractivity contribution in [3.05, 3.63) is 52.1 Å². The van der Waals surface area contributed by atoms with Gasteiger partial charge in [-0.3, -0.25) is 14.4 Å². The van der Waals surface area contributed by atoms with Crippen LogP contribution < -0.4 is 10.6 Å². The van der Waals surface area contributed by atoms with Crippen LogP contribution in [0.3, 0.4) is 0 Å². The van der Waals surface area contributed by atoms with Gasteiger partial charge in [0.1, 0.15) is 17.6 Å². The Balaban J connectivity index is 2.40. The number of nitrogens with zero attached hydrogens (tertiary/aromatic N) is 2. The van der Waals surface area contributed by atoms with Gasteiger partial charge in [0.05, 0.1) is 11.1 Å². The van der Waals surface area contributed by atoms with E-state index in [9.17, 15) is 31.9 Å². The SMILES string of the molecule is C#C[C@@](C)(NC(=O)C(=O)c1c(C)c(C(=O)Nc2ccc(F)c(C#N)c2)n(C)c1C)C(F)(F)F. The number of benzene rings is 1. The molecule has 2 aromatic rings. The first-order valence-electron chi connectivity index (χ1n) is 9.26. The van der Waals surface area contributed by atoms with Crippen LogP contribution in [0.4, 0.5) is 23.2 Å². The van der Waals surface area contributed by atoms with Crippen LogP contribution in [-0.2, 0) is 11.8 Å². The van der Waals surface area contributed by atoms with Crippen molar-refractivity contribution < 1.29 is 31.9 Å². The standard InChI is InChI=1S/C22H18F4N4O3/c1-6-21(4,22(24,25)26)29-20(33)18(31)16-11(2)17(30(5)12(16)3)19(32)28-14-7-8-15(23)13(9-14)10-27/h1,7-9H,2-5H3,(H,28,32)(H,29,33)/t21-/m1/s1. The highest BCUT2D eigenvalue weighted by molar-refractivity contribution is 6.44. The molecule has 11 heteroatoms. The zero-order valence-corrected chi connectivity index (χ0v) is 17.9. The number of hydrogen-bond donors (Lipinski definition) is 2. The average molecular weight is 462 g/mol. The van der Waals surface area contributed by atoms with E-state index < -0.39 is 35.1 Å². The summed E-state index contributed by atoms with van der Waals surface area (Å²) < 4.78 is 54.3. The summed E-state index contributed by atoms with van der Waals surface area (Å²) in [4.78, 5) is 37.8. The monoisotopic (exact) mass is 462 g/mol. The van der Waals surface area contributed by atoms with Crippen molar-refractivity contribution in [1.82, 2.24) is 9.88 Å². The number of hydrogen-bond acceptors (Lipinski definition) is 4. The third-order valence-corrected chi connectivity index (χ3v) is 5.14. The molecule has 1 aromatic carbocycles. The lowest BCUT2D eigenvalue weighted by molar-refractivity contribution is -0.176. The molecule has 1 aromatic heterocycles. The molecular formula is C22H18F4N4O3. The fraction of sp³-hybridized carbons (Fsp3) is 0.273. The molecule has 0 aliphatic rings. The van der Waals surface area contributed by atoms with E-state index in [1.165, 1.54) is 42.8 Å². The second-order valence-electron chi connectivity index (χ2n) is 7.30. The molecule has 1 atom stereocenters. The van der Waals surface area contributed by atoms with Crippen molar-refractivity contribution in [2.24, 2.45) is 7.05 Å². The number of anilines is 1. The summed E-state index contributed by atoms with van der Waals surface area (Å²) in [5, 5.41) is 12.9. The number of terminal acetylenes is 1. The summed E-state index contributed by atoms with van der Waals surface area (Å²) >= 11 is 0. The quantitative estimate of drug-likeness (QED) is 0.308. The first-order valence-corrected chi connectivity index (χ1v) is 9.26. The van der Waals surface area contributed by atoms with Gasteiger partial charge in [0.25, 0.3) is 17.6 Å². The topological polar surface area (TPSA) is 104 Å². The van der Waals surface area contributed by atoms with Gasteiger partial charge in [-0.15, -0.1) is 6.42 Å². The predicted octanol–water partition coefficient (Wildman–Crippen LogP) is 3.16. The summed E-state index contributed by atoms with van der Waals surface area (Å²) in [7, 11) is 1.42. The van der Waals surface area contributed by atoms with Gasteiger partial charge in [-0.2, -0.15) is 18.4 Å². The highest BCUT2D eigenvalue weighted by Gasteiger charge is 2.52. The van der Waals surface area contributed by atoms with E-state index in [1.54, 1.807) is 6.07 Å². The lowest BCUT2D eigenvalue weighted by Crippen LogP contribution is -2.57. The predicted molar refractivity (Wildman–Crippen MR) is 110 cm³/mol. The number of aromatic nitrogens is 1. The molecule has 2 rings (SSSR count). The van der Waals surface area contributed by atoms with Gasteiger partial charge in [0.15, 0.2) is 5.54 Å². The van der Waals surface area contributed by atoms with Gasteiger partial charge in [0.2, 0.25) is 0 Å². The fourth-order valence-electron chi connectivity index (χ4n) is 3.10. The second-order valence-corrected chi connectivity index (χ2v) is 7.30. The Hall–Kier alpha value is -4.12. The van der Waals surface area contributed by atoms with Crippen LogP contribution in [0.5, 0.6) is 0 Å². The summed E-state index contributed by atoms with van der Waals surface area (Å²) in [6.45, 7) is 3.29. The van der Waals surface area contributed by atoms with Crippen LogP contribution in [0.15, 0.2) is 18.2 Å². The number of carbonyl (C=O) groups is 3. The van der Waals surface area contributed by atoms with E-state index in [0.717, 1.165) is 12.1 Å². The van der Waals surface area contributed by atoms with E-state index in [1.807, 2.05) is 0 Å². The molecule has 33 heavy (non-hydrogen) atoms. The number of nitriles is 1. The van der Waals surface area contributed by atoms with E-state index in [0.29, 0.717) is 6.92 Å². The maximum Gasteiger partial charge on any atom is 0.422 e. The largest absolute Gasteiger partial charge is 0.422 e. The average Bonchev–Trinajstić information content (AvgIpc) is 2.96. The Morgan fingerprint density at radius 1 is 1.18 bits per heavy atom. The van der Waals surface area contributed by atoms with Crippen LogP contribution in [0.1, 0.15) is 44.6 Å². The lowest BCUT2D eigenvalue weighted by atomic mass is 10.0. The van der Waals surface area contributed by atoms with E-state index in [-0.39, 0.29) is 33.8 Å². The smallest absolute Gasteiger partial charge is 0.343 e. The van der Waals surface area contributed by atoms with E-state index >= 15 is 0 Å². The molecule has 0 unspecified atom stereocenters. The molecule has 172 valence electrons. The molecule has 0 saturated heterocycles. The van der Waals surface area contributed by atoms with Gasteiger partial charge < -0.3 is 15.2 Å². The molecule has 1 heterocycles.